The third-order valence-electron chi connectivity index (χ3n) is 3.80. The maximum atomic E-state index is 12.5. The average molecular weight is 355 g/mol. The highest BCUT2D eigenvalue weighted by atomic mass is 16.6. The summed E-state index contributed by atoms with van der Waals surface area (Å²) < 4.78 is 5.43. The van der Waals surface area contributed by atoms with Gasteiger partial charge in [0.25, 0.3) is 17.3 Å². The standard InChI is InChI=1S/C17H13N3O6/c21-17(8-3-12-1-4-13(5-2-12)19(22)23)18-9-10-26-16-7-6-14(20(24)25)11-15(16)18/h1-8,11H,9-10H2/b8-3+. The Morgan fingerprint density at radius 3 is 2.35 bits per heavy atom. The second-order valence-corrected chi connectivity index (χ2v) is 5.43. The van der Waals surface area contributed by atoms with Crippen LogP contribution in [0.5, 0.6) is 5.75 Å². The Kier molecular flexibility index (Phi) is 4.61. The second-order valence-electron chi connectivity index (χ2n) is 5.43. The fourth-order valence-corrected chi connectivity index (χ4v) is 2.51. The Morgan fingerprint density at radius 1 is 1.04 bits per heavy atom. The van der Waals surface area contributed by atoms with Gasteiger partial charge < -0.3 is 9.64 Å². The number of nitro benzene ring substituents is 2. The molecule has 0 bridgehead atoms. The number of hydrogen-bond donors (Lipinski definition) is 0. The number of hydrogen-bond acceptors (Lipinski definition) is 6. The van der Waals surface area contributed by atoms with Gasteiger partial charge in [-0.1, -0.05) is 0 Å². The molecule has 132 valence electrons. The van der Waals surface area contributed by atoms with E-state index in [-0.39, 0.29) is 30.4 Å². The summed E-state index contributed by atoms with van der Waals surface area (Å²) >= 11 is 0. The Hall–Kier alpha value is -3.75. The summed E-state index contributed by atoms with van der Waals surface area (Å²) in [4.78, 5) is 34.4. The molecule has 0 N–H and O–H groups in total. The van der Waals surface area contributed by atoms with Crippen LogP contribution in [-0.4, -0.2) is 28.9 Å². The number of nitrogens with zero attached hydrogens (tertiary/aromatic N) is 3. The fraction of sp³-hybridized carbons (Fsp3) is 0.118. The monoisotopic (exact) mass is 355 g/mol. The van der Waals surface area contributed by atoms with Gasteiger partial charge in [0, 0.05) is 30.3 Å². The molecule has 0 saturated heterocycles. The lowest BCUT2D eigenvalue weighted by atomic mass is 10.1. The molecule has 0 aromatic heterocycles. The van der Waals surface area contributed by atoms with Gasteiger partial charge in [-0.05, 0) is 29.8 Å². The van der Waals surface area contributed by atoms with Gasteiger partial charge in [-0.15, -0.1) is 0 Å². The summed E-state index contributed by atoms with van der Waals surface area (Å²) in [6, 6.07) is 9.83. The molecule has 2 aromatic carbocycles. The average Bonchev–Trinajstić information content (AvgIpc) is 2.65. The lowest BCUT2D eigenvalue weighted by Crippen LogP contribution is -2.36. The van der Waals surface area contributed by atoms with Crippen molar-refractivity contribution < 1.29 is 19.4 Å². The van der Waals surface area contributed by atoms with E-state index < -0.39 is 9.85 Å². The topological polar surface area (TPSA) is 116 Å². The predicted molar refractivity (Wildman–Crippen MR) is 93.1 cm³/mol. The minimum absolute atomic E-state index is 0.0390. The molecule has 1 heterocycles. The molecule has 0 spiro atoms. The maximum Gasteiger partial charge on any atom is 0.271 e. The molecule has 2 aromatic rings. The molecule has 1 aliphatic rings. The van der Waals surface area contributed by atoms with Crippen molar-refractivity contribution in [1.29, 1.82) is 0 Å². The Labute approximate surface area is 147 Å². The van der Waals surface area contributed by atoms with Crippen LogP contribution in [0.2, 0.25) is 0 Å². The molecule has 1 amide bonds. The molecule has 0 saturated carbocycles. The first kappa shape index (κ1) is 17.1. The highest BCUT2D eigenvalue weighted by molar-refractivity contribution is 6.05. The van der Waals surface area contributed by atoms with Crippen LogP contribution in [-0.2, 0) is 4.79 Å². The molecule has 3 rings (SSSR count). The van der Waals surface area contributed by atoms with Crippen LogP contribution >= 0.6 is 0 Å². The summed E-state index contributed by atoms with van der Waals surface area (Å²) in [5, 5.41) is 21.6. The smallest absolute Gasteiger partial charge is 0.271 e. The molecular weight excluding hydrogens is 342 g/mol. The van der Waals surface area contributed by atoms with Gasteiger partial charge in [0.15, 0.2) is 0 Å². The van der Waals surface area contributed by atoms with Gasteiger partial charge in [0.1, 0.15) is 12.4 Å². The first-order valence-electron chi connectivity index (χ1n) is 7.61. The van der Waals surface area contributed by atoms with Crippen LogP contribution in [0, 0.1) is 20.2 Å². The zero-order chi connectivity index (χ0) is 18.7. The highest BCUT2D eigenvalue weighted by Crippen LogP contribution is 2.35. The number of fused-ring (bicyclic) bond motifs is 1. The largest absolute Gasteiger partial charge is 0.490 e. The van der Waals surface area contributed by atoms with Gasteiger partial charge in [0.2, 0.25) is 0 Å². The van der Waals surface area contributed by atoms with Crippen molar-refractivity contribution in [3.63, 3.8) is 0 Å². The van der Waals surface area contributed by atoms with Gasteiger partial charge in [-0.3, -0.25) is 25.0 Å². The van der Waals surface area contributed by atoms with Crippen molar-refractivity contribution in [2.24, 2.45) is 0 Å². The zero-order valence-electron chi connectivity index (χ0n) is 13.4. The molecule has 0 aliphatic carbocycles. The van der Waals surface area contributed by atoms with Crippen LogP contribution < -0.4 is 9.64 Å². The molecular formula is C17H13N3O6. The van der Waals surface area contributed by atoms with Crippen molar-refractivity contribution >= 4 is 29.0 Å². The zero-order valence-corrected chi connectivity index (χ0v) is 13.4. The quantitative estimate of drug-likeness (QED) is 0.473. The number of anilines is 1. The van der Waals surface area contributed by atoms with Gasteiger partial charge in [-0.2, -0.15) is 0 Å². The van der Waals surface area contributed by atoms with E-state index in [9.17, 15) is 25.0 Å². The van der Waals surface area contributed by atoms with Gasteiger partial charge in [-0.25, -0.2) is 0 Å². The molecule has 26 heavy (non-hydrogen) atoms. The molecule has 9 heteroatoms. The van der Waals surface area contributed by atoms with Crippen LogP contribution in [0.3, 0.4) is 0 Å². The minimum Gasteiger partial charge on any atom is -0.490 e. The van der Waals surface area contributed by atoms with Crippen molar-refractivity contribution in [2.45, 2.75) is 0 Å². The first-order valence-corrected chi connectivity index (χ1v) is 7.61. The number of carbonyl (C=O) groups is 1. The second kappa shape index (κ2) is 7.01. The number of rotatable bonds is 4. The van der Waals surface area contributed by atoms with Crippen LogP contribution in [0.25, 0.3) is 6.08 Å². The van der Waals surface area contributed by atoms with Crippen LogP contribution in [0.15, 0.2) is 48.5 Å². The predicted octanol–water partition coefficient (Wildman–Crippen LogP) is 2.94. The third kappa shape index (κ3) is 3.51. The summed E-state index contributed by atoms with van der Waals surface area (Å²) in [5.74, 6) is 0.0346. The molecule has 0 unspecified atom stereocenters. The Bertz CT molecular complexity index is 907. The molecule has 9 nitrogen and oxygen atoms in total. The van der Waals surface area contributed by atoms with Crippen molar-refractivity contribution in [3.8, 4) is 5.75 Å². The van der Waals surface area contributed by atoms with E-state index in [1.54, 1.807) is 0 Å². The SMILES string of the molecule is O=C(/C=C/c1ccc([N+](=O)[O-])cc1)N1CCOc2ccc([N+](=O)[O-])cc21. The van der Waals surface area contributed by atoms with Gasteiger partial charge in [0.05, 0.1) is 22.1 Å². The van der Waals surface area contributed by atoms with E-state index in [2.05, 4.69) is 0 Å². The molecule has 0 radical (unpaired) electrons. The van der Waals surface area contributed by atoms with Crippen LogP contribution in [0.1, 0.15) is 5.56 Å². The highest BCUT2D eigenvalue weighted by Gasteiger charge is 2.24. The summed E-state index contributed by atoms with van der Waals surface area (Å²) in [5.41, 5.74) is 0.787. The van der Waals surface area contributed by atoms with E-state index in [0.29, 0.717) is 17.0 Å². The number of ether oxygens (including phenoxy) is 1. The normalized spacial score (nSPS) is 13.2. The molecule has 0 atom stereocenters. The van der Waals surface area contributed by atoms with Crippen molar-refractivity contribution in [1.82, 2.24) is 0 Å². The summed E-state index contributed by atoms with van der Waals surface area (Å²) in [6.07, 6.45) is 2.84. The van der Waals surface area contributed by atoms with E-state index in [1.807, 2.05) is 0 Å². The Balaban J connectivity index is 1.81. The lowest BCUT2D eigenvalue weighted by Gasteiger charge is -2.28. The van der Waals surface area contributed by atoms with E-state index in [4.69, 9.17) is 4.74 Å². The third-order valence-corrected chi connectivity index (χ3v) is 3.80. The maximum absolute atomic E-state index is 12.5. The number of benzene rings is 2. The number of nitro groups is 2. The van der Waals surface area contributed by atoms with Crippen LogP contribution in [0.4, 0.5) is 17.1 Å². The van der Waals surface area contributed by atoms with E-state index in [0.717, 1.165) is 0 Å². The Morgan fingerprint density at radius 2 is 1.69 bits per heavy atom. The summed E-state index contributed by atoms with van der Waals surface area (Å²) in [6.45, 7) is 0.541. The molecule has 0 fully saturated rings. The van der Waals surface area contributed by atoms with E-state index in [1.165, 1.54) is 59.5 Å². The summed E-state index contributed by atoms with van der Waals surface area (Å²) in [7, 11) is 0. The van der Waals surface area contributed by atoms with Crippen molar-refractivity contribution in [2.75, 3.05) is 18.1 Å². The van der Waals surface area contributed by atoms with Crippen molar-refractivity contribution in [3.05, 3.63) is 74.3 Å². The number of non-ortho nitro benzene ring substituents is 2. The number of carbonyl (C=O) groups excluding carboxylic acids is 1. The number of amides is 1. The minimum atomic E-state index is -0.537. The first-order chi connectivity index (χ1) is 12.5. The van der Waals surface area contributed by atoms with Gasteiger partial charge >= 0.3 is 0 Å². The molecule has 1 aliphatic heterocycles. The fourth-order valence-electron chi connectivity index (χ4n) is 2.51. The van der Waals surface area contributed by atoms with E-state index >= 15 is 0 Å². The lowest BCUT2D eigenvalue weighted by molar-refractivity contribution is -0.385.